The van der Waals surface area contributed by atoms with Crippen LogP contribution in [-0.4, -0.2) is 23.1 Å². The van der Waals surface area contributed by atoms with Crippen LogP contribution >= 0.6 is 0 Å². The maximum Gasteiger partial charge on any atom is 0.126 e. The van der Waals surface area contributed by atoms with Gasteiger partial charge in [0.1, 0.15) is 11.2 Å². The van der Waals surface area contributed by atoms with Gasteiger partial charge in [-0.25, -0.2) is 4.98 Å². The molecule has 0 atom stereocenters. The first-order valence-corrected chi connectivity index (χ1v) is 13.6. The second kappa shape index (κ2) is 10.9. The van der Waals surface area contributed by atoms with Crippen LogP contribution in [0.2, 0.25) is 0 Å². The highest BCUT2D eigenvalue weighted by atomic mass is 15.1. The van der Waals surface area contributed by atoms with E-state index in [2.05, 4.69) is 137 Å². The molecule has 0 aliphatic carbocycles. The van der Waals surface area contributed by atoms with Gasteiger partial charge in [0.25, 0.3) is 0 Å². The summed E-state index contributed by atoms with van der Waals surface area (Å²) in [6.45, 7) is 2.33. The third-order valence-electron chi connectivity index (χ3n) is 7.63. The molecule has 1 fully saturated rings. The van der Waals surface area contributed by atoms with Gasteiger partial charge in [-0.15, -0.1) is 0 Å². The Morgan fingerprint density at radius 1 is 0.605 bits per heavy atom. The Hall–Kier alpha value is -4.37. The lowest BCUT2D eigenvalue weighted by atomic mass is 9.69. The largest absolute Gasteiger partial charge is 0.372 e. The van der Waals surface area contributed by atoms with Crippen molar-refractivity contribution in [3.8, 4) is 0 Å². The minimum atomic E-state index is -0.564. The van der Waals surface area contributed by atoms with E-state index < -0.39 is 5.41 Å². The summed E-state index contributed by atoms with van der Waals surface area (Å²) in [5.74, 6) is 0.904. The number of aromatic amines is 1. The maximum atomic E-state index is 5.17. The summed E-state index contributed by atoms with van der Waals surface area (Å²) in [6, 6.07) is 40.9. The Balaban J connectivity index is 1.37. The van der Waals surface area contributed by atoms with Crippen molar-refractivity contribution >= 4 is 17.8 Å². The van der Waals surface area contributed by atoms with E-state index in [0.717, 1.165) is 24.6 Å². The van der Waals surface area contributed by atoms with Gasteiger partial charge >= 0.3 is 0 Å². The summed E-state index contributed by atoms with van der Waals surface area (Å²) in [5.41, 5.74) is 6.37. The topological polar surface area (TPSA) is 31.9 Å². The maximum absolute atomic E-state index is 5.17. The van der Waals surface area contributed by atoms with Crippen LogP contribution in [0, 0.1) is 0 Å². The zero-order chi connectivity index (χ0) is 25.6. The Kier molecular flexibility index (Phi) is 6.91. The minimum absolute atomic E-state index is 0.564. The first kappa shape index (κ1) is 24.0. The summed E-state index contributed by atoms with van der Waals surface area (Å²) < 4.78 is 0. The first-order valence-electron chi connectivity index (χ1n) is 13.6. The van der Waals surface area contributed by atoms with Gasteiger partial charge in [-0.3, -0.25) is 0 Å². The Morgan fingerprint density at radius 3 is 1.66 bits per heavy atom. The van der Waals surface area contributed by atoms with Crippen LogP contribution in [0.4, 0.5) is 5.69 Å². The van der Waals surface area contributed by atoms with Crippen LogP contribution in [-0.2, 0) is 5.41 Å². The van der Waals surface area contributed by atoms with Crippen LogP contribution in [0.25, 0.3) is 12.2 Å². The molecule has 0 radical (unpaired) electrons. The lowest BCUT2D eigenvalue weighted by Gasteiger charge is -2.34. The number of anilines is 1. The SMILES string of the molecule is C(=Cc1c[nH]c(C(c2ccccc2)(c2ccccc2)c2ccccc2)n1)c1ccc(N2CCCCC2)cc1. The van der Waals surface area contributed by atoms with Gasteiger partial charge in [0.05, 0.1) is 5.69 Å². The fourth-order valence-electron chi connectivity index (χ4n) is 5.72. The second-order valence-corrected chi connectivity index (χ2v) is 9.99. The molecule has 5 aromatic rings. The third kappa shape index (κ3) is 4.68. The summed E-state index contributed by atoms with van der Waals surface area (Å²) >= 11 is 0. The molecule has 3 nitrogen and oxygen atoms in total. The normalized spacial score (nSPS) is 14.2. The van der Waals surface area contributed by atoms with Gasteiger partial charge in [0.15, 0.2) is 0 Å². The van der Waals surface area contributed by atoms with Crippen molar-refractivity contribution in [2.24, 2.45) is 0 Å². The molecule has 1 aliphatic rings. The minimum Gasteiger partial charge on any atom is -0.372 e. The number of hydrogen-bond donors (Lipinski definition) is 1. The molecule has 0 unspecified atom stereocenters. The lowest BCUT2D eigenvalue weighted by molar-refractivity contribution is 0.578. The van der Waals surface area contributed by atoms with Gasteiger partial charge in [0.2, 0.25) is 0 Å². The molecule has 4 aromatic carbocycles. The molecule has 1 aliphatic heterocycles. The molecule has 1 N–H and O–H groups in total. The fourth-order valence-corrected chi connectivity index (χ4v) is 5.72. The second-order valence-electron chi connectivity index (χ2n) is 9.99. The third-order valence-corrected chi connectivity index (χ3v) is 7.63. The number of hydrogen-bond acceptors (Lipinski definition) is 2. The Labute approximate surface area is 225 Å². The zero-order valence-electron chi connectivity index (χ0n) is 21.6. The van der Waals surface area contributed by atoms with Crippen LogP contribution < -0.4 is 4.90 Å². The molecular formula is C35H33N3. The number of rotatable bonds is 7. The average molecular weight is 496 g/mol. The van der Waals surface area contributed by atoms with Gasteiger partial charge in [0, 0.05) is 25.0 Å². The lowest BCUT2D eigenvalue weighted by Crippen LogP contribution is -2.32. The van der Waals surface area contributed by atoms with E-state index in [-0.39, 0.29) is 0 Å². The predicted octanol–water partition coefficient (Wildman–Crippen LogP) is 7.95. The number of H-pyrrole nitrogens is 1. The molecule has 2 heterocycles. The Morgan fingerprint density at radius 2 is 1.13 bits per heavy atom. The first-order chi connectivity index (χ1) is 18.8. The van der Waals surface area contributed by atoms with Crippen LogP contribution in [0.15, 0.2) is 121 Å². The number of piperidine rings is 1. The summed E-state index contributed by atoms with van der Waals surface area (Å²) in [5, 5.41) is 0. The predicted molar refractivity (Wildman–Crippen MR) is 158 cm³/mol. The van der Waals surface area contributed by atoms with E-state index in [1.807, 2.05) is 6.20 Å². The van der Waals surface area contributed by atoms with Crippen molar-refractivity contribution in [3.63, 3.8) is 0 Å². The quantitative estimate of drug-likeness (QED) is 0.232. The highest BCUT2D eigenvalue weighted by Crippen LogP contribution is 2.43. The molecule has 0 bridgehead atoms. The number of nitrogens with zero attached hydrogens (tertiary/aromatic N) is 2. The molecule has 3 heteroatoms. The van der Waals surface area contributed by atoms with Crippen molar-refractivity contribution in [1.29, 1.82) is 0 Å². The van der Waals surface area contributed by atoms with Crippen molar-refractivity contribution in [2.45, 2.75) is 24.7 Å². The number of benzene rings is 4. The van der Waals surface area contributed by atoms with Crippen molar-refractivity contribution in [2.75, 3.05) is 18.0 Å². The van der Waals surface area contributed by atoms with Crippen LogP contribution in [0.3, 0.4) is 0 Å². The average Bonchev–Trinajstić information content (AvgIpc) is 3.48. The molecule has 0 spiro atoms. The molecular weight excluding hydrogens is 462 g/mol. The molecule has 6 rings (SSSR count). The molecule has 188 valence electrons. The van der Waals surface area contributed by atoms with E-state index in [1.165, 1.54) is 47.2 Å². The van der Waals surface area contributed by atoms with Crippen LogP contribution in [0.1, 0.15) is 53.0 Å². The Bertz CT molecular complexity index is 1370. The van der Waals surface area contributed by atoms with Gasteiger partial charge in [-0.1, -0.05) is 109 Å². The van der Waals surface area contributed by atoms with E-state index in [1.54, 1.807) is 0 Å². The van der Waals surface area contributed by atoms with E-state index in [0.29, 0.717) is 0 Å². The van der Waals surface area contributed by atoms with Gasteiger partial charge in [-0.05, 0) is 59.7 Å². The van der Waals surface area contributed by atoms with Gasteiger partial charge < -0.3 is 9.88 Å². The number of aromatic nitrogens is 2. The molecule has 1 saturated heterocycles. The molecule has 0 amide bonds. The van der Waals surface area contributed by atoms with Gasteiger partial charge in [-0.2, -0.15) is 0 Å². The smallest absolute Gasteiger partial charge is 0.126 e. The monoisotopic (exact) mass is 495 g/mol. The fraction of sp³-hybridized carbons (Fsp3) is 0.171. The molecule has 0 saturated carbocycles. The van der Waals surface area contributed by atoms with Crippen molar-refractivity contribution in [3.05, 3.63) is 155 Å². The van der Waals surface area contributed by atoms with E-state index >= 15 is 0 Å². The van der Waals surface area contributed by atoms with E-state index in [9.17, 15) is 0 Å². The zero-order valence-corrected chi connectivity index (χ0v) is 21.6. The highest BCUT2D eigenvalue weighted by molar-refractivity contribution is 5.69. The summed E-state index contributed by atoms with van der Waals surface area (Å²) in [4.78, 5) is 11.2. The standard InChI is InChI=1S/C35H33N3/c1-5-13-29(14-6-1)35(30-15-7-2-8-16-30,31-17-9-3-10-18-31)34-36-27-32(37-34)22-19-28-20-23-33(24-21-28)38-25-11-4-12-26-38/h1-3,5-10,13-24,27H,4,11-12,25-26H2,(H,36,37). The number of nitrogens with one attached hydrogen (secondary N) is 1. The number of imidazole rings is 1. The van der Waals surface area contributed by atoms with E-state index in [4.69, 9.17) is 4.98 Å². The van der Waals surface area contributed by atoms with Crippen molar-refractivity contribution < 1.29 is 0 Å². The molecule has 38 heavy (non-hydrogen) atoms. The highest BCUT2D eigenvalue weighted by Gasteiger charge is 2.40. The summed E-state index contributed by atoms with van der Waals surface area (Å²) in [6.07, 6.45) is 10.2. The van der Waals surface area contributed by atoms with Crippen LogP contribution in [0.5, 0.6) is 0 Å². The van der Waals surface area contributed by atoms with Crippen molar-refractivity contribution in [1.82, 2.24) is 9.97 Å². The molecule has 1 aromatic heterocycles. The summed E-state index contributed by atoms with van der Waals surface area (Å²) in [7, 11) is 0.